The molecule has 8 heteroatoms. The quantitative estimate of drug-likeness (QED) is 0.398. The molecule has 0 heterocycles. The Kier molecular flexibility index (Phi) is 2.78. The summed E-state index contributed by atoms with van der Waals surface area (Å²) in [6.07, 6.45) is 0. The second kappa shape index (κ2) is 3.34. The maximum Gasteiger partial charge on any atom is 0.599 e. The number of nitrogens with zero attached hydrogens (tertiary/aromatic N) is 2. The van der Waals surface area contributed by atoms with Crippen LogP contribution in [0.25, 0.3) is 0 Å². The highest BCUT2D eigenvalue weighted by Gasteiger charge is 2.30. The van der Waals surface area contributed by atoms with Crippen LogP contribution in [0.2, 0.25) is 0 Å². The van der Waals surface area contributed by atoms with Crippen molar-refractivity contribution in [3.63, 3.8) is 0 Å². The third kappa shape index (κ3) is 2.08. The maximum absolute atomic E-state index is 9.93. The highest BCUT2D eigenvalue weighted by Crippen LogP contribution is 1.97. The molecule has 3 N–H and O–H groups in total. The smallest absolute Gasteiger partial charge is 0.374 e. The normalized spacial score (nSPS) is 8.45. The van der Waals surface area contributed by atoms with E-state index in [9.17, 15) is 20.2 Å². The zero-order chi connectivity index (χ0) is 9.02. The lowest BCUT2D eigenvalue weighted by molar-refractivity contribution is -0.617. The summed E-state index contributed by atoms with van der Waals surface area (Å²) in [7, 11) is 1.25. The lowest BCUT2D eigenvalue weighted by atomic mass is 10.6. The summed E-state index contributed by atoms with van der Waals surface area (Å²) in [6, 6.07) is 0. The van der Waals surface area contributed by atoms with Crippen LogP contribution in [0.3, 0.4) is 0 Å². The number of rotatable bonds is 3. The van der Waals surface area contributed by atoms with Crippen molar-refractivity contribution in [2.45, 2.75) is 0 Å². The van der Waals surface area contributed by atoms with E-state index < -0.39 is 21.5 Å². The summed E-state index contributed by atoms with van der Waals surface area (Å²) >= 11 is 0. The molecule has 11 heavy (non-hydrogen) atoms. The van der Waals surface area contributed by atoms with Crippen LogP contribution in [0.5, 0.6) is 0 Å². The molecule has 0 rings (SSSR count). The van der Waals surface area contributed by atoms with Crippen molar-refractivity contribution < 1.29 is 9.85 Å². The second-order valence-corrected chi connectivity index (χ2v) is 1.50. The fourth-order valence-corrected chi connectivity index (χ4v) is 0.375. The number of nitrogens with two attached hydrogens (primary N) is 1. The van der Waals surface area contributed by atoms with E-state index in [0.29, 0.717) is 0 Å². The van der Waals surface area contributed by atoms with Crippen LogP contribution in [-0.2, 0) is 0 Å². The van der Waals surface area contributed by atoms with E-state index in [1.54, 1.807) is 0 Å². The Morgan fingerprint density at radius 2 is 1.73 bits per heavy atom. The minimum absolute atomic E-state index is 0.569. The molecule has 0 saturated heterocycles. The summed E-state index contributed by atoms with van der Waals surface area (Å²) < 4.78 is 0. The Morgan fingerprint density at radius 1 is 1.36 bits per heavy atom. The van der Waals surface area contributed by atoms with E-state index in [4.69, 9.17) is 5.73 Å². The lowest BCUT2D eigenvalue weighted by Crippen LogP contribution is -2.24. The van der Waals surface area contributed by atoms with Gasteiger partial charge in [0.1, 0.15) is 9.85 Å². The van der Waals surface area contributed by atoms with Crippen molar-refractivity contribution >= 4 is 0 Å². The van der Waals surface area contributed by atoms with E-state index in [-0.39, 0.29) is 0 Å². The van der Waals surface area contributed by atoms with Crippen molar-refractivity contribution in [3.05, 3.63) is 31.9 Å². The molecule has 0 fully saturated rings. The first-order chi connectivity index (χ1) is 5.00. The van der Waals surface area contributed by atoms with Gasteiger partial charge in [-0.25, -0.2) is 0 Å². The summed E-state index contributed by atoms with van der Waals surface area (Å²) in [5.41, 5.74) is 4.90. The van der Waals surface area contributed by atoms with Gasteiger partial charge in [0.25, 0.3) is 5.82 Å². The molecular formula is C3H6N4O4. The first-order valence-corrected chi connectivity index (χ1v) is 2.47. The van der Waals surface area contributed by atoms with Gasteiger partial charge in [-0.1, -0.05) is 0 Å². The van der Waals surface area contributed by atoms with Crippen LogP contribution < -0.4 is 11.1 Å². The molecule has 0 atom stereocenters. The van der Waals surface area contributed by atoms with Gasteiger partial charge >= 0.3 is 5.82 Å². The van der Waals surface area contributed by atoms with Crippen molar-refractivity contribution in [1.82, 2.24) is 5.32 Å². The molecule has 0 aromatic carbocycles. The van der Waals surface area contributed by atoms with Crippen LogP contribution in [0.15, 0.2) is 11.6 Å². The summed E-state index contributed by atoms with van der Waals surface area (Å²) in [5, 5.41) is 22.0. The Bertz CT molecular complexity index is 205. The van der Waals surface area contributed by atoms with Crippen LogP contribution in [-0.4, -0.2) is 16.9 Å². The van der Waals surface area contributed by atoms with Gasteiger partial charge in [0.05, 0.1) is 0 Å². The van der Waals surface area contributed by atoms with Gasteiger partial charge in [0.2, 0.25) is 0 Å². The van der Waals surface area contributed by atoms with Crippen LogP contribution in [0, 0.1) is 20.2 Å². The molecule has 0 aliphatic carbocycles. The van der Waals surface area contributed by atoms with E-state index in [1.807, 2.05) is 0 Å². The molecule has 8 nitrogen and oxygen atoms in total. The molecule has 0 aliphatic heterocycles. The van der Waals surface area contributed by atoms with E-state index in [2.05, 4.69) is 5.32 Å². The number of nitro groups is 2. The lowest BCUT2D eigenvalue weighted by Gasteiger charge is -1.93. The Morgan fingerprint density at radius 3 is 1.82 bits per heavy atom. The van der Waals surface area contributed by atoms with Crippen molar-refractivity contribution in [1.29, 1.82) is 0 Å². The van der Waals surface area contributed by atoms with E-state index >= 15 is 0 Å². The SMILES string of the molecule is CNC(N)=C([N+](=O)[O-])[N+](=O)[O-]. The van der Waals surface area contributed by atoms with Gasteiger partial charge < -0.3 is 11.1 Å². The topological polar surface area (TPSA) is 124 Å². The average Bonchev–Trinajstić information content (AvgIpc) is 1.85. The predicted molar refractivity (Wildman–Crippen MR) is 34.3 cm³/mol. The van der Waals surface area contributed by atoms with Gasteiger partial charge in [-0.2, -0.15) is 0 Å². The Labute approximate surface area is 61.0 Å². The minimum Gasteiger partial charge on any atom is -0.374 e. The molecule has 0 aromatic rings. The van der Waals surface area contributed by atoms with Gasteiger partial charge in [0.15, 0.2) is 0 Å². The van der Waals surface area contributed by atoms with Crippen molar-refractivity contribution in [2.75, 3.05) is 7.05 Å². The highest BCUT2D eigenvalue weighted by molar-refractivity contribution is 4.92. The second-order valence-electron chi connectivity index (χ2n) is 1.50. The maximum atomic E-state index is 9.93. The fourth-order valence-electron chi connectivity index (χ4n) is 0.375. The Hall–Kier alpha value is -1.86. The summed E-state index contributed by atoms with van der Waals surface area (Å²) in [4.78, 5) is 17.5. The predicted octanol–water partition coefficient (Wildman–Crippen LogP) is -1.16. The fraction of sp³-hybridized carbons (Fsp3) is 0.333. The van der Waals surface area contributed by atoms with Crippen LogP contribution in [0.1, 0.15) is 0 Å². The first-order valence-electron chi connectivity index (χ1n) is 2.47. The third-order valence-electron chi connectivity index (χ3n) is 0.856. The zero-order valence-electron chi connectivity index (χ0n) is 5.60. The van der Waals surface area contributed by atoms with Gasteiger partial charge in [-0.3, -0.25) is 20.2 Å². The summed E-state index contributed by atoms with van der Waals surface area (Å²) in [6.45, 7) is 0. The molecule has 0 saturated carbocycles. The van der Waals surface area contributed by atoms with Crippen molar-refractivity contribution in [2.24, 2.45) is 5.73 Å². The molecule has 0 bridgehead atoms. The van der Waals surface area contributed by atoms with E-state index in [0.717, 1.165) is 0 Å². The van der Waals surface area contributed by atoms with Gasteiger partial charge in [0, 0.05) is 7.05 Å². The van der Waals surface area contributed by atoms with E-state index in [1.165, 1.54) is 7.05 Å². The Balaban J connectivity index is 4.88. The summed E-state index contributed by atoms with van der Waals surface area (Å²) in [5.74, 6) is -1.81. The monoisotopic (exact) mass is 162 g/mol. The molecule has 0 aromatic heterocycles. The third-order valence-corrected chi connectivity index (χ3v) is 0.856. The molecule has 0 unspecified atom stereocenters. The number of hydrogen-bond donors (Lipinski definition) is 2. The van der Waals surface area contributed by atoms with Crippen molar-refractivity contribution in [3.8, 4) is 0 Å². The van der Waals surface area contributed by atoms with Crippen LogP contribution in [0.4, 0.5) is 0 Å². The van der Waals surface area contributed by atoms with Crippen LogP contribution >= 0.6 is 0 Å². The molecule has 62 valence electrons. The standard InChI is InChI=1S/C3H6N4O4/c1-5-2(4)3(6(8)9)7(10)11/h5H,4H2,1H3. The largest absolute Gasteiger partial charge is 0.599 e. The molecular weight excluding hydrogens is 156 g/mol. The number of hydrogen-bond acceptors (Lipinski definition) is 6. The average molecular weight is 162 g/mol. The molecule has 0 amide bonds. The minimum atomic E-state index is -1.24. The zero-order valence-corrected chi connectivity index (χ0v) is 5.60. The molecule has 0 spiro atoms. The molecule has 0 aliphatic rings. The van der Waals surface area contributed by atoms with Gasteiger partial charge in [-0.05, 0) is 0 Å². The highest BCUT2D eigenvalue weighted by atomic mass is 16.7. The molecule has 0 radical (unpaired) electrons. The first kappa shape index (κ1) is 9.14. The van der Waals surface area contributed by atoms with Gasteiger partial charge in [-0.15, -0.1) is 0 Å². The number of nitrogens with one attached hydrogen (secondary N) is 1.